The second-order valence-electron chi connectivity index (χ2n) is 10.0. The number of morpholine rings is 1. The highest BCUT2D eigenvalue weighted by atomic mass is 35.6. The van der Waals surface area contributed by atoms with Gasteiger partial charge in [-0.1, -0.05) is 118 Å². The van der Waals surface area contributed by atoms with Crippen LogP contribution >= 0.6 is 46.8 Å². The van der Waals surface area contributed by atoms with Gasteiger partial charge in [-0.15, -0.1) is 0 Å². The summed E-state index contributed by atoms with van der Waals surface area (Å²) in [7, 11) is 0. The summed E-state index contributed by atoms with van der Waals surface area (Å²) in [6.45, 7) is 10.2. The lowest BCUT2D eigenvalue weighted by molar-refractivity contribution is -0.0681. The van der Waals surface area contributed by atoms with Gasteiger partial charge in [0.05, 0.1) is 23.3 Å². The van der Waals surface area contributed by atoms with Crippen LogP contribution in [0.5, 0.6) is 0 Å². The van der Waals surface area contributed by atoms with Crippen molar-refractivity contribution in [1.82, 2.24) is 9.21 Å². The Morgan fingerprint density at radius 1 is 0.811 bits per heavy atom. The van der Waals surface area contributed by atoms with Gasteiger partial charge >= 0.3 is 0 Å². The van der Waals surface area contributed by atoms with Crippen LogP contribution in [-0.4, -0.2) is 56.0 Å². The van der Waals surface area contributed by atoms with Crippen molar-refractivity contribution >= 4 is 58.6 Å². The molecule has 0 N–H and O–H groups in total. The zero-order chi connectivity index (χ0) is 27.3. The summed E-state index contributed by atoms with van der Waals surface area (Å²) < 4.78 is 4.90. The minimum Gasteiger partial charge on any atom is -0.373 e. The van der Waals surface area contributed by atoms with E-state index in [1.807, 2.05) is 0 Å². The maximum Gasteiger partial charge on any atom is 0.271 e. The van der Waals surface area contributed by atoms with Crippen molar-refractivity contribution < 1.29 is 14.3 Å². The maximum absolute atomic E-state index is 11.8. The fourth-order valence-corrected chi connectivity index (χ4v) is 6.01. The van der Waals surface area contributed by atoms with E-state index in [9.17, 15) is 9.59 Å². The van der Waals surface area contributed by atoms with Gasteiger partial charge in [-0.05, 0) is 38.9 Å². The quantitative estimate of drug-likeness (QED) is 0.0991. The molecule has 2 atom stereocenters. The Labute approximate surface area is 243 Å². The number of amides is 2. The average Bonchev–Trinajstić information content (AvgIpc) is 3.06. The Kier molecular flexibility index (Phi) is 15.2. The third-order valence-electron chi connectivity index (χ3n) is 6.52. The molecule has 210 valence electrons. The zero-order valence-corrected chi connectivity index (χ0v) is 25.6. The Morgan fingerprint density at radius 2 is 1.24 bits per heavy atom. The first kappa shape index (κ1) is 32.7. The summed E-state index contributed by atoms with van der Waals surface area (Å²) in [5.41, 5.74) is 0.656. The number of unbranched alkanes of at least 4 members (excludes halogenated alkanes) is 10. The molecule has 9 heteroatoms. The molecular formula is C28H43Cl3N2O3S. The van der Waals surface area contributed by atoms with Crippen LogP contribution < -0.4 is 0 Å². The summed E-state index contributed by atoms with van der Waals surface area (Å²) in [5.74, 6) is -0.922. The van der Waals surface area contributed by atoms with Crippen molar-refractivity contribution in [3.8, 4) is 0 Å². The number of hydrogen-bond acceptors (Lipinski definition) is 5. The fourth-order valence-electron chi connectivity index (χ4n) is 4.82. The van der Waals surface area contributed by atoms with Gasteiger partial charge < -0.3 is 4.74 Å². The number of alkyl halides is 3. The molecule has 2 unspecified atom stereocenters. The number of rotatable bonds is 13. The highest BCUT2D eigenvalue weighted by molar-refractivity contribution is 8.03. The summed E-state index contributed by atoms with van der Waals surface area (Å²) >= 11 is 17.2. The predicted molar refractivity (Wildman–Crippen MR) is 158 cm³/mol. The number of carbonyl (C=O) groups is 2. The lowest BCUT2D eigenvalue weighted by Gasteiger charge is -2.35. The molecule has 2 aliphatic heterocycles. The van der Waals surface area contributed by atoms with E-state index in [1.165, 1.54) is 77.2 Å². The van der Waals surface area contributed by atoms with Crippen LogP contribution in [0.4, 0.5) is 0 Å². The molecule has 0 saturated carbocycles. The lowest BCUT2D eigenvalue weighted by Crippen LogP contribution is -2.45. The van der Waals surface area contributed by atoms with E-state index in [1.54, 1.807) is 24.3 Å². The van der Waals surface area contributed by atoms with E-state index in [-0.39, 0.29) is 0 Å². The predicted octanol–water partition coefficient (Wildman–Crippen LogP) is 8.67. The first-order valence-corrected chi connectivity index (χ1v) is 15.6. The van der Waals surface area contributed by atoms with E-state index >= 15 is 0 Å². The van der Waals surface area contributed by atoms with Crippen LogP contribution in [0, 0.1) is 0 Å². The third kappa shape index (κ3) is 12.5. The Bertz CT molecular complexity index is 792. The Balaban J connectivity index is 0.000000269. The maximum atomic E-state index is 11.8. The topological polar surface area (TPSA) is 49.9 Å². The first-order valence-electron chi connectivity index (χ1n) is 13.7. The van der Waals surface area contributed by atoms with Crippen LogP contribution in [-0.2, 0) is 4.74 Å². The standard InChI is InChI=1S/C19H39NO.C9H4Cl3NO2S/c1-4-5-6-7-8-9-10-11-12-13-14-15-20-16-18(2)21-19(3)17-20;10-9(11,12)16-13-7(14)5-3-1-2-4-6(5)8(13)15/h18-19H,4-17H2,1-3H3;1-4H. The molecule has 5 nitrogen and oxygen atoms in total. The number of hydrogen-bond donors (Lipinski definition) is 0. The SMILES string of the molecule is CCCCCCCCCCCCCN1CC(C)OC(C)C1.O=C1c2ccccc2C(=O)N1SC(Cl)(Cl)Cl. The molecule has 3 rings (SSSR count). The number of halogens is 3. The Hall–Kier alpha value is -0.500. The van der Waals surface area contributed by atoms with Crippen molar-refractivity contribution in [2.24, 2.45) is 0 Å². The normalized spacial score (nSPS) is 20.1. The largest absolute Gasteiger partial charge is 0.373 e. The monoisotopic (exact) mass is 592 g/mol. The third-order valence-corrected chi connectivity index (χ3v) is 7.87. The van der Waals surface area contributed by atoms with E-state index in [4.69, 9.17) is 39.5 Å². The molecule has 37 heavy (non-hydrogen) atoms. The lowest BCUT2D eigenvalue weighted by atomic mass is 10.1. The van der Waals surface area contributed by atoms with Gasteiger partial charge in [-0.3, -0.25) is 14.5 Å². The van der Waals surface area contributed by atoms with Crippen LogP contribution in [0.1, 0.15) is 112 Å². The molecule has 0 bridgehead atoms. The number of carbonyl (C=O) groups excluding carboxylic acids is 2. The summed E-state index contributed by atoms with van der Waals surface area (Å²) in [6.07, 6.45) is 16.6. The van der Waals surface area contributed by atoms with Crippen molar-refractivity contribution in [2.45, 2.75) is 107 Å². The highest BCUT2D eigenvalue weighted by Crippen LogP contribution is 2.44. The molecule has 2 amide bonds. The second kappa shape index (κ2) is 17.2. The average molecular weight is 594 g/mol. The zero-order valence-electron chi connectivity index (χ0n) is 22.5. The summed E-state index contributed by atoms with van der Waals surface area (Å²) in [4.78, 5) is 26.2. The molecule has 1 fully saturated rings. The molecular weight excluding hydrogens is 551 g/mol. The second-order valence-corrected chi connectivity index (χ2v) is 14.2. The molecule has 2 aliphatic rings. The molecule has 0 radical (unpaired) electrons. The molecule has 1 aromatic rings. The summed E-state index contributed by atoms with van der Waals surface area (Å²) in [6, 6.07) is 6.48. The van der Waals surface area contributed by atoms with Gasteiger partial charge in [0.25, 0.3) is 14.9 Å². The molecule has 0 spiro atoms. The minimum absolute atomic E-state index is 0.328. The van der Waals surface area contributed by atoms with Gasteiger partial charge in [0, 0.05) is 25.0 Å². The molecule has 1 aromatic carbocycles. The molecule has 2 heterocycles. The number of benzene rings is 1. The van der Waals surface area contributed by atoms with Crippen molar-refractivity contribution in [3.05, 3.63) is 35.4 Å². The number of fused-ring (bicyclic) bond motifs is 1. The van der Waals surface area contributed by atoms with Gasteiger partial charge in [0.15, 0.2) is 0 Å². The minimum atomic E-state index is -1.74. The molecule has 0 aliphatic carbocycles. The van der Waals surface area contributed by atoms with Crippen LogP contribution in [0.15, 0.2) is 24.3 Å². The van der Waals surface area contributed by atoms with Crippen molar-refractivity contribution in [2.75, 3.05) is 19.6 Å². The molecule has 1 saturated heterocycles. The summed E-state index contributed by atoms with van der Waals surface area (Å²) in [5, 5.41) is 0. The molecule has 0 aromatic heterocycles. The van der Waals surface area contributed by atoms with E-state index in [0.29, 0.717) is 35.3 Å². The van der Waals surface area contributed by atoms with Crippen molar-refractivity contribution in [1.29, 1.82) is 0 Å². The highest BCUT2D eigenvalue weighted by Gasteiger charge is 2.40. The van der Waals surface area contributed by atoms with Gasteiger partial charge in [0.2, 0.25) is 0 Å². The number of imide groups is 1. The van der Waals surface area contributed by atoms with Crippen LogP contribution in [0.3, 0.4) is 0 Å². The van der Waals surface area contributed by atoms with E-state index in [2.05, 4.69) is 25.7 Å². The Morgan fingerprint density at radius 3 is 1.68 bits per heavy atom. The first-order chi connectivity index (χ1) is 17.6. The van der Waals surface area contributed by atoms with Crippen LogP contribution in [0.25, 0.3) is 0 Å². The fraction of sp³-hybridized carbons (Fsp3) is 0.714. The number of ether oxygens (including phenoxy) is 1. The smallest absolute Gasteiger partial charge is 0.271 e. The number of nitrogens with zero attached hydrogens (tertiary/aromatic N) is 2. The van der Waals surface area contributed by atoms with E-state index in [0.717, 1.165) is 17.4 Å². The van der Waals surface area contributed by atoms with Gasteiger partial charge in [-0.2, -0.15) is 0 Å². The van der Waals surface area contributed by atoms with Crippen LogP contribution in [0.2, 0.25) is 0 Å². The van der Waals surface area contributed by atoms with Gasteiger partial charge in [0.1, 0.15) is 0 Å². The van der Waals surface area contributed by atoms with Crippen molar-refractivity contribution in [3.63, 3.8) is 0 Å². The van der Waals surface area contributed by atoms with Gasteiger partial charge in [-0.25, -0.2) is 4.31 Å². The van der Waals surface area contributed by atoms with E-state index < -0.39 is 14.9 Å².